The van der Waals surface area contributed by atoms with Crippen molar-refractivity contribution in [3.63, 3.8) is 0 Å². The topological polar surface area (TPSA) is 69.6 Å². The molecule has 2 amide bonds. The average molecular weight is 184 g/mol. The van der Waals surface area contributed by atoms with Crippen molar-refractivity contribution in [2.45, 2.75) is 12.8 Å². The summed E-state index contributed by atoms with van der Waals surface area (Å²) >= 11 is 0. The molecule has 5 nitrogen and oxygen atoms in total. The van der Waals surface area contributed by atoms with Crippen molar-refractivity contribution in [2.24, 2.45) is 5.41 Å². The molecule has 2 aliphatic heterocycles. The zero-order valence-corrected chi connectivity index (χ0v) is 7.25. The van der Waals surface area contributed by atoms with E-state index in [2.05, 4.69) is 5.32 Å². The molecule has 0 aromatic heterocycles. The summed E-state index contributed by atoms with van der Waals surface area (Å²) in [5.41, 5.74) is -0.392. The number of amides is 2. The van der Waals surface area contributed by atoms with Gasteiger partial charge in [-0.3, -0.25) is 4.79 Å². The maximum absolute atomic E-state index is 11.2. The molecule has 13 heavy (non-hydrogen) atoms. The van der Waals surface area contributed by atoms with Gasteiger partial charge in [-0.1, -0.05) is 0 Å². The van der Waals surface area contributed by atoms with E-state index in [1.54, 1.807) is 0 Å². The van der Waals surface area contributed by atoms with Gasteiger partial charge in [0.1, 0.15) is 0 Å². The van der Waals surface area contributed by atoms with Gasteiger partial charge in [0.15, 0.2) is 0 Å². The van der Waals surface area contributed by atoms with E-state index in [-0.39, 0.29) is 5.91 Å². The van der Waals surface area contributed by atoms with Gasteiger partial charge in [-0.15, -0.1) is 0 Å². The SMILES string of the molecule is O=C(O)N1CCCC2(CNC2=O)C1. The van der Waals surface area contributed by atoms with Crippen LogP contribution in [0.2, 0.25) is 0 Å². The van der Waals surface area contributed by atoms with Crippen LogP contribution in [0, 0.1) is 5.41 Å². The number of nitrogens with one attached hydrogen (secondary N) is 1. The molecule has 2 saturated heterocycles. The van der Waals surface area contributed by atoms with Crippen molar-refractivity contribution in [3.05, 3.63) is 0 Å². The van der Waals surface area contributed by atoms with Gasteiger partial charge in [0.2, 0.25) is 5.91 Å². The molecular formula is C8H12N2O3. The number of piperidine rings is 1. The first-order valence-corrected chi connectivity index (χ1v) is 4.40. The van der Waals surface area contributed by atoms with Gasteiger partial charge in [0, 0.05) is 19.6 Å². The second-order valence-corrected chi connectivity index (χ2v) is 3.77. The Balaban J connectivity index is 2.08. The summed E-state index contributed by atoms with van der Waals surface area (Å²) in [6.07, 6.45) is 0.696. The Morgan fingerprint density at radius 2 is 2.38 bits per heavy atom. The summed E-state index contributed by atoms with van der Waals surface area (Å²) in [6, 6.07) is 0. The molecule has 0 saturated carbocycles. The number of rotatable bonds is 0. The summed E-state index contributed by atoms with van der Waals surface area (Å²) in [6.45, 7) is 1.56. The fourth-order valence-electron chi connectivity index (χ4n) is 2.04. The number of hydrogen-bond acceptors (Lipinski definition) is 2. The second-order valence-electron chi connectivity index (χ2n) is 3.77. The Morgan fingerprint density at radius 3 is 2.85 bits per heavy atom. The number of carbonyl (C=O) groups excluding carboxylic acids is 1. The van der Waals surface area contributed by atoms with Crippen LogP contribution in [0.25, 0.3) is 0 Å². The van der Waals surface area contributed by atoms with Crippen molar-refractivity contribution in [1.29, 1.82) is 0 Å². The van der Waals surface area contributed by atoms with Crippen molar-refractivity contribution >= 4 is 12.0 Å². The third-order valence-corrected chi connectivity index (χ3v) is 2.92. The minimum atomic E-state index is -0.918. The van der Waals surface area contributed by atoms with Crippen molar-refractivity contribution < 1.29 is 14.7 Å². The van der Waals surface area contributed by atoms with E-state index in [4.69, 9.17) is 5.11 Å². The molecule has 1 atom stereocenters. The number of β-lactam (4-membered cyclic amide) rings is 1. The van der Waals surface area contributed by atoms with Crippen LogP contribution < -0.4 is 5.32 Å². The maximum atomic E-state index is 11.2. The molecule has 2 fully saturated rings. The van der Waals surface area contributed by atoms with E-state index in [1.165, 1.54) is 4.90 Å². The minimum Gasteiger partial charge on any atom is -0.465 e. The molecule has 2 N–H and O–H groups in total. The maximum Gasteiger partial charge on any atom is 0.407 e. The Kier molecular flexibility index (Phi) is 1.68. The molecular weight excluding hydrogens is 172 g/mol. The van der Waals surface area contributed by atoms with Crippen molar-refractivity contribution in [3.8, 4) is 0 Å². The van der Waals surface area contributed by atoms with Crippen LogP contribution in [-0.2, 0) is 4.79 Å². The van der Waals surface area contributed by atoms with Crippen molar-refractivity contribution in [1.82, 2.24) is 10.2 Å². The minimum absolute atomic E-state index is 0.0125. The highest BCUT2D eigenvalue weighted by Crippen LogP contribution is 2.34. The number of carboxylic acid groups (broad SMARTS) is 1. The van der Waals surface area contributed by atoms with Crippen molar-refractivity contribution in [2.75, 3.05) is 19.6 Å². The zero-order valence-electron chi connectivity index (χ0n) is 7.25. The Hall–Kier alpha value is -1.26. The standard InChI is InChI=1S/C8H12N2O3/c11-6-8(4-9-6)2-1-3-10(5-8)7(12)13/h1-5H2,(H,9,11)(H,12,13). The van der Waals surface area contributed by atoms with E-state index in [1.807, 2.05) is 0 Å². The number of likely N-dealkylation sites (tertiary alicyclic amines) is 1. The lowest BCUT2D eigenvalue weighted by Crippen LogP contribution is -2.65. The predicted octanol–water partition coefficient (Wildman–Crippen LogP) is -0.124. The van der Waals surface area contributed by atoms with Crippen LogP contribution in [0.15, 0.2) is 0 Å². The third-order valence-electron chi connectivity index (χ3n) is 2.92. The van der Waals surface area contributed by atoms with E-state index in [0.29, 0.717) is 19.6 Å². The van der Waals surface area contributed by atoms with Crippen LogP contribution >= 0.6 is 0 Å². The summed E-state index contributed by atoms with van der Waals surface area (Å²) in [5, 5.41) is 11.4. The lowest BCUT2D eigenvalue weighted by atomic mass is 9.74. The van der Waals surface area contributed by atoms with Gasteiger partial charge in [-0.05, 0) is 12.8 Å². The summed E-state index contributed by atoms with van der Waals surface area (Å²) in [5.74, 6) is 0.0125. The first-order valence-electron chi connectivity index (χ1n) is 4.40. The number of hydrogen-bond donors (Lipinski definition) is 2. The fourth-order valence-corrected chi connectivity index (χ4v) is 2.04. The quantitative estimate of drug-likeness (QED) is 0.515. The summed E-state index contributed by atoms with van der Waals surface area (Å²) in [7, 11) is 0. The second kappa shape index (κ2) is 2.61. The molecule has 0 aromatic carbocycles. The molecule has 2 heterocycles. The number of carbonyl (C=O) groups is 2. The number of nitrogens with zero attached hydrogens (tertiary/aromatic N) is 1. The lowest BCUT2D eigenvalue weighted by molar-refractivity contribution is -0.143. The van der Waals surface area contributed by atoms with Gasteiger partial charge in [-0.2, -0.15) is 0 Å². The van der Waals surface area contributed by atoms with Gasteiger partial charge < -0.3 is 15.3 Å². The molecule has 2 rings (SSSR count). The molecule has 2 aliphatic rings. The van der Waals surface area contributed by atoms with Gasteiger partial charge in [-0.25, -0.2) is 4.79 Å². The summed E-state index contributed by atoms with van der Waals surface area (Å²) in [4.78, 5) is 23.3. The first kappa shape index (κ1) is 8.34. The highest BCUT2D eigenvalue weighted by Gasteiger charge is 2.49. The van der Waals surface area contributed by atoms with Gasteiger partial charge >= 0.3 is 6.09 Å². The van der Waals surface area contributed by atoms with E-state index >= 15 is 0 Å². The van der Waals surface area contributed by atoms with E-state index < -0.39 is 11.5 Å². The first-order chi connectivity index (χ1) is 6.14. The van der Waals surface area contributed by atoms with E-state index in [0.717, 1.165) is 12.8 Å². The molecule has 0 radical (unpaired) electrons. The zero-order chi connectivity index (χ0) is 9.47. The molecule has 0 aliphatic carbocycles. The van der Waals surface area contributed by atoms with Crippen LogP contribution in [0.5, 0.6) is 0 Å². The largest absolute Gasteiger partial charge is 0.465 e. The lowest BCUT2D eigenvalue weighted by Gasteiger charge is -2.46. The average Bonchev–Trinajstić information content (AvgIpc) is 2.16. The molecule has 5 heteroatoms. The molecule has 0 bridgehead atoms. The van der Waals surface area contributed by atoms with Crippen LogP contribution in [0.3, 0.4) is 0 Å². The Bertz CT molecular complexity index is 266. The van der Waals surface area contributed by atoms with Crippen LogP contribution in [0.1, 0.15) is 12.8 Å². The molecule has 0 aromatic rings. The highest BCUT2D eigenvalue weighted by molar-refractivity contribution is 5.89. The summed E-state index contributed by atoms with van der Waals surface area (Å²) < 4.78 is 0. The Morgan fingerprint density at radius 1 is 1.62 bits per heavy atom. The smallest absolute Gasteiger partial charge is 0.407 e. The van der Waals surface area contributed by atoms with Gasteiger partial charge in [0.25, 0.3) is 0 Å². The predicted molar refractivity (Wildman–Crippen MR) is 44.3 cm³/mol. The third kappa shape index (κ3) is 1.15. The fraction of sp³-hybridized carbons (Fsp3) is 0.750. The van der Waals surface area contributed by atoms with Gasteiger partial charge in [0.05, 0.1) is 5.41 Å². The van der Waals surface area contributed by atoms with E-state index in [9.17, 15) is 9.59 Å². The highest BCUT2D eigenvalue weighted by atomic mass is 16.4. The normalized spacial score (nSPS) is 32.6. The van der Waals surface area contributed by atoms with Crippen LogP contribution in [0.4, 0.5) is 4.79 Å². The molecule has 72 valence electrons. The van der Waals surface area contributed by atoms with Crippen LogP contribution in [-0.4, -0.2) is 41.6 Å². The molecule has 1 spiro atoms. The Labute approximate surface area is 75.7 Å². The molecule has 1 unspecified atom stereocenters. The monoisotopic (exact) mass is 184 g/mol.